The van der Waals surface area contributed by atoms with Crippen LogP contribution in [0.15, 0.2) is 12.1 Å². The highest BCUT2D eigenvalue weighted by molar-refractivity contribution is 5.95. The standard InChI is InChI=1S/C14H17NO4/c1-6-7-15(2)14(16)10-8-11(17-3)13(19-5)12(9-10)18-4/h1,8-9H,7H2,2-5H3. The van der Waals surface area contributed by atoms with E-state index in [1.54, 1.807) is 19.2 Å². The molecule has 1 aromatic carbocycles. The van der Waals surface area contributed by atoms with Crippen LogP contribution in [0.25, 0.3) is 0 Å². The van der Waals surface area contributed by atoms with Crippen molar-refractivity contribution in [2.24, 2.45) is 0 Å². The van der Waals surface area contributed by atoms with E-state index in [1.807, 2.05) is 0 Å². The zero-order chi connectivity index (χ0) is 14.4. The van der Waals surface area contributed by atoms with E-state index < -0.39 is 0 Å². The number of methoxy groups -OCH3 is 3. The van der Waals surface area contributed by atoms with E-state index in [-0.39, 0.29) is 12.5 Å². The summed E-state index contributed by atoms with van der Waals surface area (Å²) in [6, 6.07) is 3.19. The zero-order valence-corrected chi connectivity index (χ0v) is 11.5. The summed E-state index contributed by atoms with van der Waals surface area (Å²) in [5.41, 5.74) is 0.423. The average Bonchev–Trinajstić information content (AvgIpc) is 2.44. The van der Waals surface area contributed by atoms with Crippen molar-refractivity contribution in [1.29, 1.82) is 0 Å². The quantitative estimate of drug-likeness (QED) is 0.754. The molecule has 1 rings (SSSR count). The molecule has 0 fully saturated rings. The predicted octanol–water partition coefficient (Wildman–Crippen LogP) is 1.42. The molecule has 5 nitrogen and oxygen atoms in total. The van der Waals surface area contributed by atoms with Crippen LogP contribution in [0.2, 0.25) is 0 Å². The third-order valence-electron chi connectivity index (χ3n) is 2.59. The molecule has 0 N–H and O–H groups in total. The third-order valence-corrected chi connectivity index (χ3v) is 2.59. The van der Waals surface area contributed by atoms with Crippen molar-refractivity contribution in [3.63, 3.8) is 0 Å². The van der Waals surface area contributed by atoms with Crippen LogP contribution in [0.1, 0.15) is 10.4 Å². The van der Waals surface area contributed by atoms with Crippen molar-refractivity contribution in [3.05, 3.63) is 17.7 Å². The number of carbonyl (C=O) groups is 1. The van der Waals surface area contributed by atoms with Gasteiger partial charge in [-0.1, -0.05) is 5.92 Å². The largest absolute Gasteiger partial charge is 0.493 e. The van der Waals surface area contributed by atoms with Gasteiger partial charge in [-0.25, -0.2) is 0 Å². The Morgan fingerprint density at radius 3 is 2.11 bits per heavy atom. The molecule has 0 heterocycles. The molecule has 1 amide bonds. The number of terminal acetylenes is 1. The second-order valence-corrected chi connectivity index (χ2v) is 3.78. The van der Waals surface area contributed by atoms with Gasteiger partial charge in [0, 0.05) is 12.6 Å². The van der Waals surface area contributed by atoms with Crippen LogP contribution >= 0.6 is 0 Å². The van der Waals surface area contributed by atoms with Gasteiger partial charge in [-0.15, -0.1) is 6.42 Å². The fourth-order valence-corrected chi connectivity index (χ4v) is 1.63. The molecule has 0 aromatic heterocycles. The predicted molar refractivity (Wildman–Crippen MR) is 71.9 cm³/mol. The molecular weight excluding hydrogens is 246 g/mol. The van der Waals surface area contributed by atoms with Gasteiger partial charge in [0.2, 0.25) is 5.75 Å². The highest BCUT2D eigenvalue weighted by Crippen LogP contribution is 2.38. The summed E-state index contributed by atoms with van der Waals surface area (Å²) in [6.45, 7) is 0.232. The van der Waals surface area contributed by atoms with Crippen molar-refractivity contribution in [1.82, 2.24) is 4.90 Å². The summed E-state index contributed by atoms with van der Waals surface area (Å²) >= 11 is 0. The van der Waals surface area contributed by atoms with Crippen LogP contribution in [-0.2, 0) is 0 Å². The van der Waals surface area contributed by atoms with Gasteiger partial charge in [-0.3, -0.25) is 4.79 Å². The van der Waals surface area contributed by atoms with E-state index in [1.165, 1.54) is 26.2 Å². The first-order valence-electron chi connectivity index (χ1n) is 5.58. The molecule has 0 aliphatic rings. The molecule has 0 saturated carbocycles. The Morgan fingerprint density at radius 1 is 1.21 bits per heavy atom. The molecule has 0 atom stereocenters. The van der Waals surface area contributed by atoms with E-state index in [0.29, 0.717) is 22.8 Å². The highest BCUT2D eigenvalue weighted by Gasteiger charge is 2.18. The first-order valence-corrected chi connectivity index (χ1v) is 5.58. The van der Waals surface area contributed by atoms with Crippen LogP contribution in [0.4, 0.5) is 0 Å². The molecule has 19 heavy (non-hydrogen) atoms. The monoisotopic (exact) mass is 263 g/mol. The maximum Gasteiger partial charge on any atom is 0.254 e. The molecule has 0 saturated heterocycles. The van der Waals surface area contributed by atoms with Gasteiger partial charge in [0.05, 0.1) is 27.9 Å². The number of benzene rings is 1. The summed E-state index contributed by atoms with van der Waals surface area (Å²) < 4.78 is 15.6. The van der Waals surface area contributed by atoms with E-state index >= 15 is 0 Å². The van der Waals surface area contributed by atoms with Gasteiger partial charge in [-0.2, -0.15) is 0 Å². The summed E-state index contributed by atoms with van der Waals surface area (Å²) in [6.07, 6.45) is 5.19. The van der Waals surface area contributed by atoms with E-state index in [9.17, 15) is 4.79 Å². The molecule has 0 bridgehead atoms. The van der Waals surface area contributed by atoms with E-state index in [4.69, 9.17) is 20.6 Å². The summed E-state index contributed by atoms with van der Waals surface area (Å²) in [7, 11) is 6.13. The number of nitrogens with zero attached hydrogens (tertiary/aromatic N) is 1. The molecule has 0 spiro atoms. The second kappa shape index (κ2) is 6.55. The molecule has 0 unspecified atom stereocenters. The Labute approximate surface area is 113 Å². The van der Waals surface area contributed by atoms with Crippen molar-refractivity contribution in [2.75, 3.05) is 34.9 Å². The maximum absolute atomic E-state index is 12.1. The van der Waals surface area contributed by atoms with Gasteiger partial charge in [0.25, 0.3) is 5.91 Å². The molecule has 0 aliphatic heterocycles. The number of ether oxygens (including phenoxy) is 3. The van der Waals surface area contributed by atoms with Crippen LogP contribution < -0.4 is 14.2 Å². The lowest BCUT2D eigenvalue weighted by atomic mass is 10.1. The van der Waals surface area contributed by atoms with E-state index in [2.05, 4.69) is 5.92 Å². The minimum Gasteiger partial charge on any atom is -0.493 e. The number of hydrogen-bond donors (Lipinski definition) is 0. The SMILES string of the molecule is C#CCN(C)C(=O)c1cc(OC)c(OC)c(OC)c1. The molecule has 1 aromatic rings. The number of carbonyl (C=O) groups excluding carboxylic acids is 1. The molecule has 0 radical (unpaired) electrons. The van der Waals surface area contributed by atoms with Crippen molar-refractivity contribution < 1.29 is 19.0 Å². The second-order valence-electron chi connectivity index (χ2n) is 3.78. The van der Waals surface area contributed by atoms with Crippen molar-refractivity contribution in [3.8, 4) is 29.6 Å². The molecule has 0 aliphatic carbocycles. The Bertz CT molecular complexity index is 480. The Morgan fingerprint density at radius 2 is 1.74 bits per heavy atom. The van der Waals surface area contributed by atoms with Crippen LogP contribution in [-0.4, -0.2) is 45.7 Å². The normalized spacial score (nSPS) is 9.42. The highest BCUT2D eigenvalue weighted by atomic mass is 16.5. The van der Waals surface area contributed by atoms with Gasteiger partial charge in [-0.05, 0) is 12.1 Å². The fourth-order valence-electron chi connectivity index (χ4n) is 1.63. The van der Waals surface area contributed by atoms with Gasteiger partial charge >= 0.3 is 0 Å². The summed E-state index contributed by atoms with van der Waals surface area (Å²) in [4.78, 5) is 13.6. The van der Waals surface area contributed by atoms with Gasteiger partial charge in [0.1, 0.15) is 0 Å². The van der Waals surface area contributed by atoms with Crippen molar-refractivity contribution in [2.45, 2.75) is 0 Å². The lowest BCUT2D eigenvalue weighted by molar-refractivity contribution is 0.0811. The first kappa shape index (κ1) is 14.7. The van der Waals surface area contributed by atoms with Gasteiger partial charge in [0.15, 0.2) is 11.5 Å². The molecule has 102 valence electrons. The van der Waals surface area contributed by atoms with Crippen LogP contribution in [0.5, 0.6) is 17.2 Å². The first-order chi connectivity index (χ1) is 9.08. The van der Waals surface area contributed by atoms with Crippen LogP contribution in [0, 0.1) is 12.3 Å². The zero-order valence-electron chi connectivity index (χ0n) is 11.5. The van der Waals surface area contributed by atoms with Crippen LogP contribution in [0.3, 0.4) is 0 Å². The Kier molecular flexibility index (Phi) is 5.07. The van der Waals surface area contributed by atoms with E-state index in [0.717, 1.165) is 0 Å². The number of amides is 1. The topological polar surface area (TPSA) is 48.0 Å². The molecular formula is C14H17NO4. The molecule has 5 heteroatoms. The minimum atomic E-state index is -0.211. The Balaban J connectivity index is 3.23. The number of rotatable bonds is 5. The Hall–Kier alpha value is -2.35. The summed E-state index contributed by atoms with van der Waals surface area (Å²) in [5.74, 6) is 3.51. The lowest BCUT2D eigenvalue weighted by Crippen LogP contribution is -2.27. The summed E-state index contributed by atoms with van der Waals surface area (Å²) in [5, 5.41) is 0. The minimum absolute atomic E-state index is 0.211. The lowest BCUT2D eigenvalue weighted by Gasteiger charge is -2.17. The average molecular weight is 263 g/mol. The third kappa shape index (κ3) is 3.10. The maximum atomic E-state index is 12.1. The van der Waals surface area contributed by atoms with Gasteiger partial charge < -0.3 is 19.1 Å². The fraction of sp³-hybridized carbons (Fsp3) is 0.357. The smallest absolute Gasteiger partial charge is 0.254 e. The van der Waals surface area contributed by atoms with Crippen molar-refractivity contribution >= 4 is 5.91 Å². The number of hydrogen-bond acceptors (Lipinski definition) is 4.